The zero-order chi connectivity index (χ0) is 14.7. The molecule has 2 rings (SSSR count). The number of aromatic carboxylic acids is 1. The molecule has 0 amide bonds. The van der Waals surface area contributed by atoms with Crippen LogP contribution >= 0.6 is 11.6 Å². The lowest BCUT2D eigenvalue weighted by Gasteiger charge is -2.29. The summed E-state index contributed by atoms with van der Waals surface area (Å²) in [6.07, 6.45) is 4.97. The molecule has 0 spiro atoms. The van der Waals surface area contributed by atoms with Crippen LogP contribution in [0.1, 0.15) is 43.0 Å². The number of hydrogen-bond acceptors (Lipinski definition) is 3. The number of rotatable bonds is 4. The van der Waals surface area contributed by atoms with Crippen molar-refractivity contribution >= 4 is 28.9 Å². The molecule has 5 heteroatoms. The van der Waals surface area contributed by atoms with Crippen LogP contribution in [0, 0.1) is 11.8 Å². The largest absolute Gasteiger partial charge is 0.478 e. The molecular weight excluding hydrogens is 276 g/mol. The smallest absolute Gasteiger partial charge is 0.337 e. The average molecular weight is 297 g/mol. The highest BCUT2D eigenvalue weighted by atomic mass is 35.5. The summed E-state index contributed by atoms with van der Waals surface area (Å²) in [4.78, 5) is 11.3. The van der Waals surface area contributed by atoms with Crippen molar-refractivity contribution in [2.45, 2.75) is 32.6 Å². The van der Waals surface area contributed by atoms with Crippen LogP contribution in [0.25, 0.3) is 0 Å². The molecule has 0 radical (unpaired) electrons. The minimum Gasteiger partial charge on any atom is -0.478 e. The highest BCUT2D eigenvalue weighted by molar-refractivity contribution is 6.34. The minimum absolute atomic E-state index is 0.137. The van der Waals surface area contributed by atoms with Gasteiger partial charge in [-0.25, -0.2) is 4.79 Å². The van der Waals surface area contributed by atoms with Crippen molar-refractivity contribution in [2.24, 2.45) is 11.8 Å². The Morgan fingerprint density at radius 1 is 1.45 bits per heavy atom. The van der Waals surface area contributed by atoms with Crippen molar-refractivity contribution in [2.75, 3.05) is 17.6 Å². The molecule has 110 valence electrons. The van der Waals surface area contributed by atoms with Crippen LogP contribution in [0.15, 0.2) is 12.1 Å². The summed E-state index contributed by atoms with van der Waals surface area (Å²) in [5.41, 5.74) is 6.63. The van der Waals surface area contributed by atoms with Gasteiger partial charge >= 0.3 is 5.97 Å². The first-order valence-corrected chi connectivity index (χ1v) is 7.43. The van der Waals surface area contributed by atoms with Crippen molar-refractivity contribution in [3.05, 3.63) is 22.7 Å². The molecule has 0 bridgehead atoms. The lowest BCUT2D eigenvalue weighted by molar-refractivity contribution is 0.0698. The van der Waals surface area contributed by atoms with E-state index in [4.69, 9.17) is 17.3 Å². The molecule has 1 saturated carbocycles. The topological polar surface area (TPSA) is 75.3 Å². The normalized spacial score (nSPS) is 22.5. The molecule has 1 fully saturated rings. The quantitative estimate of drug-likeness (QED) is 0.738. The fourth-order valence-corrected chi connectivity index (χ4v) is 3.20. The molecule has 4 nitrogen and oxygen atoms in total. The number of halogens is 1. The summed E-state index contributed by atoms with van der Waals surface area (Å²) in [6.45, 7) is 3.01. The molecule has 1 aliphatic carbocycles. The second-order valence-corrected chi connectivity index (χ2v) is 6.04. The molecular formula is C15H21ClN2O2. The van der Waals surface area contributed by atoms with E-state index in [2.05, 4.69) is 12.2 Å². The van der Waals surface area contributed by atoms with Crippen LogP contribution < -0.4 is 11.1 Å². The summed E-state index contributed by atoms with van der Waals surface area (Å²) in [7, 11) is 0. The van der Waals surface area contributed by atoms with Gasteiger partial charge in [0.05, 0.1) is 16.3 Å². The Kier molecular flexibility index (Phi) is 4.76. The Bertz CT molecular complexity index is 505. The molecule has 0 aliphatic heterocycles. The third-order valence-corrected chi connectivity index (χ3v) is 4.47. The van der Waals surface area contributed by atoms with E-state index in [0.29, 0.717) is 28.2 Å². The molecule has 1 aromatic rings. The third-order valence-electron chi connectivity index (χ3n) is 4.17. The van der Waals surface area contributed by atoms with Gasteiger partial charge in [0.1, 0.15) is 0 Å². The fourth-order valence-electron chi connectivity index (χ4n) is 2.91. The highest BCUT2D eigenvalue weighted by Crippen LogP contribution is 2.33. The maximum absolute atomic E-state index is 11.3. The van der Waals surface area contributed by atoms with E-state index in [1.54, 1.807) is 6.07 Å². The average Bonchev–Trinajstić information content (AvgIpc) is 2.38. The number of nitrogen functional groups attached to an aromatic ring is 1. The first kappa shape index (κ1) is 15.0. The van der Waals surface area contributed by atoms with Gasteiger partial charge in [0.25, 0.3) is 0 Å². The third kappa shape index (κ3) is 3.37. The van der Waals surface area contributed by atoms with Gasteiger partial charge in [-0.1, -0.05) is 37.8 Å². The molecule has 2 unspecified atom stereocenters. The maximum atomic E-state index is 11.3. The van der Waals surface area contributed by atoms with E-state index in [1.807, 2.05) is 0 Å². The zero-order valence-corrected chi connectivity index (χ0v) is 12.4. The SMILES string of the molecule is CC1CCCCC1CNc1c(Cl)cc(N)cc1C(=O)O. The summed E-state index contributed by atoms with van der Waals surface area (Å²) >= 11 is 6.13. The predicted molar refractivity (Wildman–Crippen MR) is 82.4 cm³/mol. The van der Waals surface area contributed by atoms with Gasteiger partial charge in [0, 0.05) is 12.2 Å². The minimum atomic E-state index is -1.02. The Labute approximate surface area is 124 Å². The number of anilines is 2. The van der Waals surface area contributed by atoms with Gasteiger partial charge in [-0.15, -0.1) is 0 Å². The monoisotopic (exact) mass is 296 g/mol. The zero-order valence-electron chi connectivity index (χ0n) is 11.7. The molecule has 0 heterocycles. The van der Waals surface area contributed by atoms with E-state index in [0.717, 1.165) is 6.54 Å². The summed E-state index contributed by atoms with van der Waals surface area (Å²) in [5, 5.41) is 12.8. The van der Waals surface area contributed by atoms with Crippen LogP contribution in [0.2, 0.25) is 5.02 Å². The standard InChI is InChI=1S/C15H21ClN2O2/c1-9-4-2-3-5-10(9)8-18-14-12(15(19)20)6-11(17)7-13(14)16/h6-7,9-10,18H,2-5,8,17H2,1H3,(H,19,20). The van der Waals surface area contributed by atoms with Crippen LogP contribution in [0.3, 0.4) is 0 Å². The number of hydrogen-bond donors (Lipinski definition) is 3. The van der Waals surface area contributed by atoms with Crippen LogP contribution in [-0.4, -0.2) is 17.6 Å². The van der Waals surface area contributed by atoms with Crippen molar-refractivity contribution in [3.8, 4) is 0 Å². The second-order valence-electron chi connectivity index (χ2n) is 5.63. The second kappa shape index (κ2) is 6.35. The van der Waals surface area contributed by atoms with E-state index in [9.17, 15) is 9.90 Å². The maximum Gasteiger partial charge on any atom is 0.337 e. The van der Waals surface area contributed by atoms with Crippen molar-refractivity contribution in [1.82, 2.24) is 0 Å². The Balaban J connectivity index is 2.14. The first-order chi connectivity index (χ1) is 9.49. The number of carbonyl (C=O) groups is 1. The van der Waals surface area contributed by atoms with Crippen LogP contribution in [-0.2, 0) is 0 Å². The van der Waals surface area contributed by atoms with Gasteiger partial charge in [0.2, 0.25) is 0 Å². The van der Waals surface area contributed by atoms with E-state index in [1.165, 1.54) is 31.7 Å². The molecule has 2 atom stereocenters. The first-order valence-electron chi connectivity index (χ1n) is 7.05. The van der Waals surface area contributed by atoms with Gasteiger partial charge in [-0.3, -0.25) is 0 Å². The number of nitrogens with one attached hydrogen (secondary N) is 1. The van der Waals surface area contributed by atoms with Crippen molar-refractivity contribution in [3.63, 3.8) is 0 Å². The molecule has 0 aromatic heterocycles. The molecule has 0 saturated heterocycles. The Hall–Kier alpha value is -1.42. The van der Waals surface area contributed by atoms with Crippen LogP contribution in [0.5, 0.6) is 0 Å². The van der Waals surface area contributed by atoms with E-state index in [-0.39, 0.29) is 5.56 Å². The Morgan fingerprint density at radius 2 is 2.15 bits per heavy atom. The molecule has 1 aromatic carbocycles. The van der Waals surface area contributed by atoms with Gasteiger partial charge in [0.15, 0.2) is 0 Å². The van der Waals surface area contributed by atoms with Crippen molar-refractivity contribution < 1.29 is 9.90 Å². The number of carboxylic acid groups (broad SMARTS) is 1. The van der Waals surface area contributed by atoms with Gasteiger partial charge in [-0.05, 0) is 30.4 Å². The number of nitrogens with two attached hydrogens (primary N) is 1. The van der Waals surface area contributed by atoms with Gasteiger partial charge in [-0.2, -0.15) is 0 Å². The lowest BCUT2D eigenvalue weighted by atomic mass is 9.80. The fraction of sp³-hybridized carbons (Fsp3) is 0.533. The van der Waals surface area contributed by atoms with Gasteiger partial charge < -0.3 is 16.2 Å². The highest BCUT2D eigenvalue weighted by Gasteiger charge is 2.22. The lowest BCUT2D eigenvalue weighted by Crippen LogP contribution is -2.25. The summed E-state index contributed by atoms with van der Waals surface area (Å²) in [6, 6.07) is 3.03. The molecule has 1 aliphatic rings. The van der Waals surface area contributed by atoms with E-state index >= 15 is 0 Å². The van der Waals surface area contributed by atoms with Crippen LogP contribution in [0.4, 0.5) is 11.4 Å². The van der Waals surface area contributed by atoms with E-state index < -0.39 is 5.97 Å². The molecule has 4 N–H and O–H groups in total. The predicted octanol–water partition coefficient (Wildman–Crippen LogP) is 3.86. The number of carboxylic acids is 1. The number of benzene rings is 1. The summed E-state index contributed by atoms with van der Waals surface area (Å²) in [5.74, 6) is 0.217. The van der Waals surface area contributed by atoms with Crippen molar-refractivity contribution in [1.29, 1.82) is 0 Å². The Morgan fingerprint density at radius 3 is 2.80 bits per heavy atom. The molecule has 20 heavy (non-hydrogen) atoms. The summed E-state index contributed by atoms with van der Waals surface area (Å²) < 4.78 is 0.